The lowest BCUT2D eigenvalue weighted by atomic mass is 9.92. The van der Waals surface area contributed by atoms with Crippen molar-refractivity contribution in [1.29, 1.82) is 0 Å². The first-order valence-corrected chi connectivity index (χ1v) is 5.95. The number of unbranched alkanes of at least 4 members (excludes halogenated alkanes) is 1. The predicted octanol–water partition coefficient (Wildman–Crippen LogP) is 3.00. The van der Waals surface area contributed by atoms with Crippen molar-refractivity contribution >= 4 is 0 Å². The molecule has 2 nitrogen and oxygen atoms in total. The molecular weight excluding hydrogens is 186 g/mol. The molecule has 0 saturated heterocycles. The molecule has 0 fully saturated rings. The van der Waals surface area contributed by atoms with Crippen molar-refractivity contribution in [3.05, 3.63) is 12.7 Å². The van der Waals surface area contributed by atoms with Gasteiger partial charge in [-0.15, -0.1) is 6.58 Å². The lowest BCUT2D eigenvalue weighted by Crippen LogP contribution is -2.24. The second kappa shape index (κ2) is 8.93. The van der Waals surface area contributed by atoms with Crippen LogP contribution in [0.25, 0.3) is 0 Å². The van der Waals surface area contributed by atoms with Crippen molar-refractivity contribution in [1.82, 2.24) is 5.32 Å². The summed E-state index contributed by atoms with van der Waals surface area (Å²) in [6, 6.07) is 0. The van der Waals surface area contributed by atoms with Crippen molar-refractivity contribution in [2.24, 2.45) is 5.41 Å². The molecule has 0 aromatic heterocycles. The van der Waals surface area contributed by atoms with E-state index in [9.17, 15) is 0 Å². The molecule has 0 bridgehead atoms. The van der Waals surface area contributed by atoms with Crippen LogP contribution in [0, 0.1) is 5.41 Å². The van der Waals surface area contributed by atoms with Gasteiger partial charge >= 0.3 is 0 Å². The van der Waals surface area contributed by atoms with Gasteiger partial charge in [0.2, 0.25) is 0 Å². The summed E-state index contributed by atoms with van der Waals surface area (Å²) in [5.74, 6) is 0. The summed E-state index contributed by atoms with van der Waals surface area (Å²) >= 11 is 0. The van der Waals surface area contributed by atoms with Crippen LogP contribution in [0.2, 0.25) is 0 Å². The average molecular weight is 213 g/mol. The smallest absolute Gasteiger partial charge is 0.0590 e. The van der Waals surface area contributed by atoms with Crippen LogP contribution in [0.4, 0.5) is 0 Å². The molecule has 0 aromatic rings. The molecule has 0 spiro atoms. The van der Waals surface area contributed by atoms with Gasteiger partial charge in [0, 0.05) is 13.2 Å². The molecule has 0 aliphatic rings. The van der Waals surface area contributed by atoms with Crippen molar-refractivity contribution in [3.8, 4) is 0 Å². The Labute approximate surface area is 95.1 Å². The zero-order valence-electron chi connectivity index (χ0n) is 10.6. The Morgan fingerprint density at radius 1 is 1.20 bits per heavy atom. The van der Waals surface area contributed by atoms with Gasteiger partial charge in [0.25, 0.3) is 0 Å². The third kappa shape index (κ3) is 13.7. The minimum absolute atomic E-state index is 0.428. The molecule has 0 atom stereocenters. The molecule has 0 aromatic carbocycles. The maximum absolute atomic E-state index is 5.46. The molecule has 1 N–H and O–H groups in total. The summed E-state index contributed by atoms with van der Waals surface area (Å²) < 4.78 is 5.46. The molecule has 0 aliphatic carbocycles. The van der Waals surface area contributed by atoms with Gasteiger partial charge in [-0.05, 0) is 31.2 Å². The number of hydrogen-bond donors (Lipinski definition) is 1. The first-order valence-electron chi connectivity index (χ1n) is 5.95. The highest BCUT2D eigenvalue weighted by Crippen LogP contribution is 2.16. The van der Waals surface area contributed by atoms with Gasteiger partial charge in [0.1, 0.15) is 0 Å². The summed E-state index contributed by atoms with van der Waals surface area (Å²) in [4.78, 5) is 0. The van der Waals surface area contributed by atoms with E-state index in [1.165, 1.54) is 6.42 Å². The molecule has 0 aliphatic heterocycles. The van der Waals surface area contributed by atoms with Crippen molar-refractivity contribution in [2.75, 3.05) is 26.3 Å². The summed E-state index contributed by atoms with van der Waals surface area (Å²) in [6.45, 7) is 14.2. The zero-order valence-corrected chi connectivity index (χ0v) is 10.6. The van der Waals surface area contributed by atoms with E-state index >= 15 is 0 Å². The van der Waals surface area contributed by atoms with Crippen molar-refractivity contribution in [2.45, 2.75) is 40.0 Å². The Bertz CT molecular complexity index is 149. The molecule has 0 rings (SSSR count). The maximum atomic E-state index is 5.46. The summed E-state index contributed by atoms with van der Waals surface area (Å²) in [6.07, 6.45) is 5.29. The Kier molecular flexibility index (Phi) is 8.73. The van der Waals surface area contributed by atoms with Gasteiger partial charge in [-0.25, -0.2) is 0 Å². The van der Waals surface area contributed by atoms with Gasteiger partial charge in [0.05, 0.1) is 6.61 Å². The molecule has 0 saturated carbocycles. The maximum Gasteiger partial charge on any atom is 0.0590 e. The monoisotopic (exact) mass is 213 g/mol. The van der Waals surface area contributed by atoms with Crippen molar-refractivity contribution in [3.63, 3.8) is 0 Å². The van der Waals surface area contributed by atoms with Crippen LogP contribution < -0.4 is 5.32 Å². The quantitative estimate of drug-likeness (QED) is 0.469. The summed E-state index contributed by atoms with van der Waals surface area (Å²) in [5.41, 5.74) is 0.428. The Hall–Kier alpha value is -0.340. The van der Waals surface area contributed by atoms with Crippen molar-refractivity contribution < 1.29 is 4.74 Å². The number of allylic oxidation sites excluding steroid dienone is 1. The normalized spacial score (nSPS) is 11.7. The van der Waals surface area contributed by atoms with Gasteiger partial charge in [-0.3, -0.25) is 0 Å². The molecular formula is C13H27NO. The van der Waals surface area contributed by atoms with Crippen LogP contribution in [0.5, 0.6) is 0 Å². The van der Waals surface area contributed by atoms with Gasteiger partial charge in [-0.1, -0.05) is 26.8 Å². The van der Waals surface area contributed by atoms with E-state index in [0.29, 0.717) is 5.41 Å². The summed E-state index contributed by atoms with van der Waals surface area (Å²) in [5, 5.41) is 3.39. The molecule has 0 amide bonds. The highest BCUT2D eigenvalue weighted by atomic mass is 16.5. The van der Waals surface area contributed by atoms with Gasteiger partial charge in [0.15, 0.2) is 0 Å². The average Bonchev–Trinajstić information content (AvgIpc) is 2.14. The van der Waals surface area contributed by atoms with E-state index in [1.54, 1.807) is 0 Å². The molecule has 0 unspecified atom stereocenters. The highest BCUT2D eigenvalue weighted by molar-refractivity contribution is 4.65. The fraction of sp³-hybridized carbons (Fsp3) is 0.846. The second-order valence-electron chi connectivity index (χ2n) is 5.10. The minimum Gasteiger partial charge on any atom is -0.380 e. The van der Waals surface area contributed by atoms with Crippen LogP contribution in [0.1, 0.15) is 40.0 Å². The number of hydrogen-bond acceptors (Lipinski definition) is 2. The van der Waals surface area contributed by atoms with E-state index in [-0.39, 0.29) is 0 Å². The zero-order chi connectivity index (χ0) is 11.6. The molecule has 0 radical (unpaired) electrons. The van der Waals surface area contributed by atoms with Crippen LogP contribution in [-0.2, 0) is 4.74 Å². The second-order valence-corrected chi connectivity index (χ2v) is 5.10. The van der Waals surface area contributed by atoms with E-state index < -0.39 is 0 Å². The largest absolute Gasteiger partial charge is 0.380 e. The third-order valence-electron chi connectivity index (χ3n) is 2.17. The fourth-order valence-corrected chi connectivity index (χ4v) is 1.16. The predicted molar refractivity (Wildman–Crippen MR) is 67.2 cm³/mol. The van der Waals surface area contributed by atoms with Crippen LogP contribution in [-0.4, -0.2) is 26.3 Å². The number of rotatable bonds is 9. The minimum atomic E-state index is 0.428. The van der Waals surface area contributed by atoms with Crippen LogP contribution >= 0.6 is 0 Å². The first-order chi connectivity index (χ1) is 7.06. The third-order valence-corrected chi connectivity index (χ3v) is 2.17. The van der Waals surface area contributed by atoms with Gasteiger partial charge in [-0.2, -0.15) is 0 Å². The fourth-order valence-electron chi connectivity index (χ4n) is 1.16. The molecule has 15 heavy (non-hydrogen) atoms. The lowest BCUT2D eigenvalue weighted by molar-refractivity contribution is 0.133. The number of nitrogens with one attached hydrogen (secondary N) is 1. The van der Waals surface area contributed by atoms with Crippen LogP contribution in [0.15, 0.2) is 12.7 Å². The SMILES string of the molecule is C=CCCCOCCNCCC(C)(C)C. The van der Waals surface area contributed by atoms with E-state index in [1.807, 2.05) is 6.08 Å². The van der Waals surface area contributed by atoms with Crippen LogP contribution in [0.3, 0.4) is 0 Å². The molecule has 90 valence electrons. The summed E-state index contributed by atoms with van der Waals surface area (Å²) in [7, 11) is 0. The first kappa shape index (κ1) is 14.7. The van der Waals surface area contributed by atoms with E-state index in [4.69, 9.17) is 4.74 Å². The highest BCUT2D eigenvalue weighted by Gasteiger charge is 2.08. The molecule has 2 heteroatoms. The Balaban J connectivity index is 3.02. The lowest BCUT2D eigenvalue weighted by Gasteiger charge is -2.17. The topological polar surface area (TPSA) is 21.3 Å². The van der Waals surface area contributed by atoms with E-state index in [0.717, 1.165) is 39.1 Å². The van der Waals surface area contributed by atoms with E-state index in [2.05, 4.69) is 32.7 Å². The molecule has 0 heterocycles. The Morgan fingerprint density at radius 2 is 1.93 bits per heavy atom. The standard InChI is InChI=1S/C13H27NO/c1-5-6-7-11-15-12-10-14-9-8-13(2,3)4/h5,14H,1,6-12H2,2-4H3. The Morgan fingerprint density at radius 3 is 2.53 bits per heavy atom. The number of ether oxygens (including phenoxy) is 1. The van der Waals surface area contributed by atoms with Gasteiger partial charge < -0.3 is 10.1 Å².